The summed E-state index contributed by atoms with van der Waals surface area (Å²) in [6.07, 6.45) is 0. The van der Waals surface area contributed by atoms with Gasteiger partial charge in [0.25, 0.3) is 0 Å². The molecule has 0 atom stereocenters. The highest BCUT2D eigenvalue weighted by atomic mass is 32.2. The van der Waals surface area contributed by atoms with Crippen molar-refractivity contribution in [3.05, 3.63) is 46.4 Å². The number of nitrogens with zero attached hydrogens (tertiary/aromatic N) is 3. The minimum Gasteiger partial charge on any atom is -0.382 e. The predicted molar refractivity (Wildman–Crippen MR) is 91.2 cm³/mol. The zero-order chi connectivity index (χ0) is 17.3. The molecular formula is C14H16N6O3S. The Morgan fingerprint density at radius 1 is 1.25 bits per heavy atom. The van der Waals surface area contributed by atoms with Crippen LogP contribution in [0.5, 0.6) is 0 Å². The zero-order valence-electron chi connectivity index (χ0n) is 12.9. The van der Waals surface area contributed by atoms with Crippen LogP contribution in [0.2, 0.25) is 0 Å². The summed E-state index contributed by atoms with van der Waals surface area (Å²) in [4.78, 5) is 22.8. The monoisotopic (exact) mass is 348 g/mol. The fourth-order valence-corrected chi connectivity index (χ4v) is 2.73. The quantitative estimate of drug-likeness (QED) is 0.615. The Morgan fingerprint density at radius 3 is 2.62 bits per heavy atom. The largest absolute Gasteiger partial charge is 0.382 e. The number of aromatic amines is 1. The lowest BCUT2D eigenvalue weighted by molar-refractivity contribution is 0.602. The Morgan fingerprint density at radius 2 is 1.96 bits per heavy atom. The van der Waals surface area contributed by atoms with Crippen molar-refractivity contribution >= 4 is 33.0 Å². The molecule has 0 saturated carbocycles. The van der Waals surface area contributed by atoms with Crippen LogP contribution in [-0.2, 0) is 16.6 Å². The standard InChI is InChI=1S/C14H16N6O3S/c1-2-24(22,23)19-13-17-11(15)10-12(18-13)20(14(21)16-10)8-9-6-4-3-5-7-9/h3-7H,2,8H2,1H3,(H,16,21)(H3,15,17,18,19). The van der Waals surface area contributed by atoms with Crippen LogP contribution >= 0.6 is 0 Å². The van der Waals surface area contributed by atoms with E-state index in [1.54, 1.807) is 0 Å². The van der Waals surface area contributed by atoms with Crippen molar-refractivity contribution in [2.45, 2.75) is 13.5 Å². The number of hydrogen-bond donors (Lipinski definition) is 3. The summed E-state index contributed by atoms with van der Waals surface area (Å²) in [6.45, 7) is 1.77. The normalized spacial score (nSPS) is 11.7. The molecule has 0 bridgehead atoms. The van der Waals surface area contributed by atoms with E-state index in [1.807, 2.05) is 30.3 Å². The van der Waals surface area contributed by atoms with E-state index in [-0.39, 0.29) is 35.2 Å². The third-order valence-corrected chi connectivity index (χ3v) is 4.71. The first-order chi connectivity index (χ1) is 11.4. The molecule has 0 unspecified atom stereocenters. The van der Waals surface area contributed by atoms with Gasteiger partial charge in [0.2, 0.25) is 16.0 Å². The molecule has 0 radical (unpaired) electrons. The summed E-state index contributed by atoms with van der Waals surface area (Å²) in [5.41, 5.74) is 6.84. The SMILES string of the molecule is CCS(=O)(=O)Nc1nc(N)c2[nH]c(=O)n(Cc3ccccc3)c2n1. The summed E-state index contributed by atoms with van der Waals surface area (Å²) in [5.74, 6) is -0.293. The lowest BCUT2D eigenvalue weighted by Gasteiger charge is -2.07. The molecule has 0 aliphatic rings. The van der Waals surface area contributed by atoms with E-state index in [2.05, 4.69) is 19.7 Å². The molecule has 2 aromatic heterocycles. The molecule has 3 rings (SSSR count). The maximum Gasteiger partial charge on any atom is 0.328 e. The van der Waals surface area contributed by atoms with Crippen LogP contribution < -0.4 is 16.1 Å². The maximum atomic E-state index is 12.2. The minimum absolute atomic E-state index is 0.00212. The second-order valence-electron chi connectivity index (χ2n) is 5.14. The zero-order valence-corrected chi connectivity index (χ0v) is 13.7. The average molecular weight is 348 g/mol. The topological polar surface area (TPSA) is 136 Å². The summed E-state index contributed by atoms with van der Waals surface area (Å²) in [5, 5.41) is 0. The number of aromatic nitrogens is 4. The van der Waals surface area contributed by atoms with Crippen LogP contribution in [0, 0.1) is 0 Å². The predicted octanol–water partition coefficient (Wildman–Crippen LogP) is 0.512. The Labute approximate surface area is 137 Å². The van der Waals surface area contributed by atoms with Crippen LogP contribution in [0.3, 0.4) is 0 Å². The van der Waals surface area contributed by atoms with E-state index >= 15 is 0 Å². The highest BCUT2D eigenvalue weighted by Gasteiger charge is 2.16. The van der Waals surface area contributed by atoms with Crippen LogP contribution in [0.25, 0.3) is 11.2 Å². The van der Waals surface area contributed by atoms with Crippen LogP contribution in [0.15, 0.2) is 35.1 Å². The Kier molecular flexibility index (Phi) is 3.97. The summed E-state index contributed by atoms with van der Waals surface area (Å²) >= 11 is 0. The van der Waals surface area contributed by atoms with Crippen molar-refractivity contribution in [2.24, 2.45) is 0 Å². The van der Waals surface area contributed by atoms with E-state index in [4.69, 9.17) is 5.73 Å². The number of anilines is 2. The Hall–Kier alpha value is -2.88. The van der Waals surface area contributed by atoms with E-state index in [1.165, 1.54) is 11.5 Å². The van der Waals surface area contributed by atoms with Gasteiger partial charge in [0.1, 0.15) is 5.52 Å². The van der Waals surface area contributed by atoms with Gasteiger partial charge in [0.15, 0.2) is 11.5 Å². The highest BCUT2D eigenvalue weighted by Crippen LogP contribution is 2.18. The van der Waals surface area contributed by atoms with Crippen molar-refractivity contribution < 1.29 is 8.42 Å². The number of nitrogens with two attached hydrogens (primary N) is 1. The van der Waals surface area contributed by atoms with Gasteiger partial charge in [-0.05, 0) is 12.5 Å². The first kappa shape index (κ1) is 16.0. The number of nitrogen functional groups attached to an aromatic ring is 1. The summed E-state index contributed by atoms with van der Waals surface area (Å²) < 4.78 is 27.0. The third-order valence-electron chi connectivity index (χ3n) is 3.46. The molecule has 0 fully saturated rings. The molecule has 0 aliphatic carbocycles. The van der Waals surface area contributed by atoms with Gasteiger partial charge in [-0.2, -0.15) is 9.97 Å². The molecule has 3 aromatic rings. The highest BCUT2D eigenvalue weighted by molar-refractivity contribution is 7.92. The number of rotatable bonds is 5. The number of sulfonamides is 1. The lowest BCUT2D eigenvalue weighted by atomic mass is 10.2. The summed E-state index contributed by atoms with van der Waals surface area (Å²) in [7, 11) is -3.55. The van der Waals surface area contributed by atoms with Crippen molar-refractivity contribution in [3.8, 4) is 0 Å². The maximum absolute atomic E-state index is 12.2. The fourth-order valence-electron chi connectivity index (χ4n) is 2.22. The van der Waals surface area contributed by atoms with Gasteiger partial charge in [-0.3, -0.25) is 9.29 Å². The van der Waals surface area contributed by atoms with Crippen LogP contribution in [0.1, 0.15) is 12.5 Å². The second-order valence-corrected chi connectivity index (χ2v) is 7.15. The summed E-state index contributed by atoms with van der Waals surface area (Å²) in [6, 6.07) is 9.34. The van der Waals surface area contributed by atoms with Crippen molar-refractivity contribution in [1.82, 2.24) is 19.5 Å². The van der Waals surface area contributed by atoms with Crippen molar-refractivity contribution in [1.29, 1.82) is 0 Å². The van der Waals surface area contributed by atoms with Crippen LogP contribution in [-0.4, -0.2) is 33.7 Å². The first-order valence-corrected chi connectivity index (χ1v) is 8.85. The van der Waals surface area contributed by atoms with E-state index in [0.717, 1.165) is 5.56 Å². The fraction of sp³-hybridized carbons (Fsp3) is 0.214. The van der Waals surface area contributed by atoms with E-state index in [9.17, 15) is 13.2 Å². The number of H-pyrrole nitrogens is 1. The van der Waals surface area contributed by atoms with Gasteiger partial charge >= 0.3 is 5.69 Å². The van der Waals surface area contributed by atoms with Gasteiger partial charge in [-0.25, -0.2) is 13.2 Å². The molecule has 126 valence electrons. The molecule has 0 spiro atoms. The molecular weight excluding hydrogens is 332 g/mol. The van der Waals surface area contributed by atoms with Gasteiger partial charge in [-0.15, -0.1) is 0 Å². The molecule has 9 nitrogen and oxygen atoms in total. The van der Waals surface area contributed by atoms with E-state index in [0.29, 0.717) is 0 Å². The first-order valence-electron chi connectivity index (χ1n) is 7.20. The van der Waals surface area contributed by atoms with Gasteiger partial charge in [-0.1, -0.05) is 30.3 Å². The third kappa shape index (κ3) is 3.08. The minimum atomic E-state index is -3.55. The molecule has 4 N–H and O–H groups in total. The smallest absolute Gasteiger partial charge is 0.328 e. The lowest BCUT2D eigenvalue weighted by Crippen LogP contribution is -2.19. The number of nitrogens with one attached hydrogen (secondary N) is 2. The molecule has 24 heavy (non-hydrogen) atoms. The van der Waals surface area contributed by atoms with Crippen molar-refractivity contribution in [3.63, 3.8) is 0 Å². The number of hydrogen-bond acceptors (Lipinski definition) is 6. The Bertz CT molecular complexity index is 1040. The molecule has 0 amide bonds. The second kappa shape index (κ2) is 5.96. The Balaban J connectivity index is 2.11. The molecule has 2 heterocycles. The molecule has 1 aromatic carbocycles. The number of fused-ring (bicyclic) bond motifs is 1. The van der Waals surface area contributed by atoms with Gasteiger partial charge < -0.3 is 10.7 Å². The van der Waals surface area contributed by atoms with Crippen LogP contribution in [0.4, 0.5) is 11.8 Å². The van der Waals surface area contributed by atoms with Gasteiger partial charge in [0.05, 0.1) is 12.3 Å². The number of imidazole rings is 1. The molecule has 10 heteroatoms. The van der Waals surface area contributed by atoms with E-state index < -0.39 is 15.7 Å². The number of benzene rings is 1. The molecule has 0 aliphatic heterocycles. The average Bonchev–Trinajstić information content (AvgIpc) is 2.85. The van der Waals surface area contributed by atoms with Gasteiger partial charge in [0, 0.05) is 0 Å². The van der Waals surface area contributed by atoms with Crippen molar-refractivity contribution in [2.75, 3.05) is 16.2 Å². The molecule has 0 saturated heterocycles.